The van der Waals surface area contributed by atoms with Gasteiger partial charge in [0, 0.05) is 17.6 Å². The van der Waals surface area contributed by atoms with Crippen molar-refractivity contribution >= 4 is 12.6 Å². The Morgan fingerprint density at radius 3 is 2.00 bits per heavy atom. The van der Waals surface area contributed by atoms with Crippen LogP contribution in [-0.4, -0.2) is 10.7 Å². The first-order valence-corrected chi connectivity index (χ1v) is 4.86. The zero-order chi connectivity index (χ0) is 9.41. The summed E-state index contributed by atoms with van der Waals surface area (Å²) in [6.07, 6.45) is 1.32. The van der Waals surface area contributed by atoms with E-state index in [1.54, 1.807) is 0 Å². The molecule has 0 unspecified atom stereocenters. The second kappa shape index (κ2) is 3.17. The van der Waals surface area contributed by atoms with Crippen molar-refractivity contribution in [3.05, 3.63) is 0 Å². The molecule has 1 aliphatic carbocycles. The molecule has 12 heavy (non-hydrogen) atoms. The van der Waals surface area contributed by atoms with Crippen molar-refractivity contribution in [1.82, 2.24) is 0 Å². The summed E-state index contributed by atoms with van der Waals surface area (Å²) in [6, 6.07) is 0. The highest BCUT2D eigenvalue weighted by atomic mass is 32.1. The lowest BCUT2D eigenvalue weighted by Crippen LogP contribution is -2.33. The monoisotopic (exact) mass is 194 g/mol. The van der Waals surface area contributed by atoms with Crippen LogP contribution < -0.4 is 0 Å². The van der Waals surface area contributed by atoms with Gasteiger partial charge in [-0.1, -0.05) is 13.8 Å². The van der Waals surface area contributed by atoms with Crippen molar-refractivity contribution < 1.29 is 8.78 Å². The average molecular weight is 194 g/mol. The topological polar surface area (TPSA) is 0 Å². The quantitative estimate of drug-likeness (QED) is 0.607. The standard InChI is InChI=1S/C9H16F2S/c1-8(2,12)7-3-5-9(10,11)6-4-7/h7,12H,3-6H2,1-2H3. The van der Waals surface area contributed by atoms with E-state index in [2.05, 4.69) is 12.6 Å². The van der Waals surface area contributed by atoms with E-state index < -0.39 is 5.92 Å². The minimum Gasteiger partial charge on any atom is -0.207 e. The van der Waals surface area contributed by atoms with Gasteiger partial charge in [-0.05, 0) is 18.8 Å². The lowest BCUT2D eigenvalue weighted by atomic mass is 9.79. The smallest absolute Gasteiger partial charge is 0.207 e. The summed E-state index contributed by atoms with van der Waals surface area (Å²) in [5, 5.41) is 0. The molecule has 0 aromatic rings. The molecular formula is C9H16F2S. The van der Waals surface area contributed by atoms with E-state index in [1.807, 2.05) is 13.8 Å². The first kappa shape index (κ1) is 10.3. The Morgan fingerprint density at radius 2 is 1.67 bits per heavy atom. The van der Waals surface area contributed by atoms with Crippen LogP contribution in [0.1, 0.15) is 39.5 Å². The van der Waals surface area contributed by atoms with Gasteiger partial charge in [-0.2, -0.15) is 12.6 Å². The van der Waals surface area contributed by atoms with Crippen LogP contribution in [0, 0.1) is 5.92 Å². The zero-order valence-corrected chi connectivity index (χ0v) is 8.50. The average Bonchev–Trinajstić information content (AvgIpc) is 1.83. The molecule has 3 heteroatoms. The molecule has 0 heterocycles. The Bertz CT molecular complexity index is 150. The fraction of sp³-hybridized carbons (Fsp3) is 1.00. The van der Waals surface area contributed by atoms with E-state index in [-0.39, 0.29) is 17.6 Å². The third-order valence-corrected chi connectivity index (χ3v) is 3.08. The summed E-state index contributed by atoms with van der Waals surface area (Å²) in [6.45, 7) is 4.01. The van der Waals surface area contributed by atoms with E-state index in [0.717, 1.165) is 0 Å². The van der Waals surface area contributed by atoms with Crippen LogP contribution >= 0.6 is 12.6 Å². The van der Waals surface area contributed by atoms with Gasteiger partial charge in [0.2, 0.25) is 5.92 Å². The van der Waals surface area contributed by atoms with Crippen LogP contribution in [0.15, 0.2) is 0 Å². The van der Waals surface area contributed by atoms with E-state index in [0.29, 0.717) is 18.8 Å². The van der Waals surface area contributed by atoms with Crippen molar-refractivity contribution in [3.8, 4) is 0 Å². The largest absolute Gasteiger partial charge is 0.248 e. The second-order valence-corrected chi connectivity index (χ2v) is 5.44. The molecular weight excluding hydrogens is 178 g/mol. The van der Waals surface area contributed by atoms with Gasteiger partial charge >= 0.3 is 0 Å². The van der Waals surface area contributed by atoms with Gasteiger partial charge in [0.05, 0.1) is 0 Å². The van der Waals surface area contributed by atoms with Crippen LogP contribution in [-0.2, 0) is 0 Å². The summed E-state index contributed by atoms with van der Waals surface area (Å²) in [7, 11) is 0. The molecule has 0 radical (unpaired) electrons. The SMILES string of the molecule is CC(C)(S)C1CCC(F)(F)CC1. The van der Waals surface area contributed by atoms with Crippen LogP contribution in [0.2, 0.25) is 0 Å². The maximum absolute atomic E-state index is 12.7. The predicted octanol–water partition coefficient (Wildman–Crippen LogP) is 3.52. The third kappa shape index (κ3) is 2.61. The van der Waals surface area contributed by atoms with E-state index in [4.69, 9.17) is 0 Å². The number of hydrogen-bond acceptors (Lipinski definition) is 1. The summed E-state index contributed by atoms with van der Waals surface area (Å²) < 4.78 is 25.4. The molecule has 0 amide bonds. The van der Waals surface area contributed by atoms with Crippen LogP contribution in [0.4, 0.5) is 8.78 Å². The van der Waals surface area contributed by atoms with Gasteiger partial charge < -0.3 is 0 Å². The van der Waals surface area contributed by atoms with Crippen molar-refractivity contribution in [2.75, 3.05) is 0 Å². The van der Waals surface area contributed by atoms with Crippen molar-refractivity contribution in [3.63, 3.8) is 0 Å². The number of thiol groups is 1. The molecule has 0 atom stereocenters. The first-order valence-electron chi connectivity index (χ1n) is 4.41. The summed E-state index contributed by atoms with van der Waals surface area (Å²) in [4.78, 5) is 0. The molecule has 72 valence electrons. The van der Waals surface area contributed by atoms with E-state index in [1.165, 1.54) is 0 Å². The highest BCUT2D eigenvalue weighted by Crippen LogP contribution is 2.42. The first-order chi connectivity index (χ1) is 5.31. The molecule has 1 aliphatic rings. The minimum absolute atomic E-state index is 0.0433. The summed E-state index contributed by atoms with van der Waals surface area (Å²) >= 11 is 4.41. The maximum Gasteiger partial charge on any atom is 0.248 e. The molecule has 0 aromatic heterocycles. The fourth-order valence-corrected chi connectivity index (χ4v) is 2.00. The lowest BCUT2D eigenvalue weighted by molar-refractivity contribution is -0.0484. The number of alkyl halides is 2. The highest BCUT2D eigenvalue weighted by Gasteiger charge is 2.39. The van der Waals surface area contributed by atoms with Gasteiger partial charge in [-0.25, -0.2) is 8.78 Å². The van der Waals surface area contributed by atoms with Crippen molar-refractivity contribution in [1.29, 1.82) is 0 Å². The minimum atomic E-state index is -2.41. The molecule has 0 saturated heterocycles. The van der Waals surface area contributed by atoms with Gasteiger partial charge in [0.1, 0.15) is 0 Å². The second-order valence-electron chi connectivity index (χ2n) is 4.28. The molecule has 0 aliphatic heterocycles. The van der Waals surface area contributed by atoms with Crippen LogP contribution in [0.3, 0.4) is 0 Å². The van der Waals surface area contributed by atoms with Crippen LogP contribution in [0.25, 0.3) is 0 Å². The van der Waals surface area contributed by atoms with Crippen molar-refractivity contribution in [2.24, 2.45) is 5.92 Å². The van der Waals surface area contributed by atoms with Crippen LogP contribution in [0.5, 0.6) is 0 Å². The Morgan fingerprint density at radius 1 is 1.25 bits per heavy atom. The summed E-state index contributed by atoms with van der Waals surface area (Å²) in [5.74, 6) is -2.06. The molecule has 1 fully saturated rings. The molecule has 0 nitrogen and oxygen atoms in total. The normalized spacial score (nSPS) is 25.8. The van der Waals surface area contributed by atoms with E-state index in [9.17, 15) is 8.78 Å². The molecule has 0 aromatic carbocycles. The lowest BCUT2D eigenvalue weighted by Gasteiger charge is -2.35. The highest BCUT2D eigenvalue weighted by molar-refractivity contribution is 7.81. The number of rotatable bonds is 1. The fourth-order valence-electron chi connectivity index (χ4n) is 1.75. The van der Waals surface area contributed by atoms with Gasteiger partial charge in [0.25, 0.3) is 0 Å². The zero-order valence-electron chi connectivity index (χ0n) is 7.61. The molecule has 0 bridgehead atoms. The Balaban J connectivity index is 2.47. The maximum atomic E-state index is 12.7. The third-order valence-electron chi connectivity index (χ3n) is 2.72. The molecule has 1 rings (SSSR count). The number of hydrogen-bond donors (Lipinski definition) is 1. The van der Waals surface area contributed by atoms with Gasteiger partial charge in [-0.3, -0.25) is 0 Å². The van der Waals surface area contributed by atoms with Crippen molar-refractivity contribution in [2.45, 2.75) is 50.2 Å². The molecule has 0 spiro atoms. The Labute approximate surface area is 78.1 Å². The predicted molar refractivity (Wildman–Crippen MR) is 50.0 cm³/mol. The van der Waals surface area contributed by atoms with E-state index >= 15 is 0 Å². The molecule has 0 N–H and O–H groups in total. The Hall–Kier alpha value is 0.210. The van der Waals surface area contributed by atoms with Gasteiger partial charge in [-0.15, -0.1) is 0 Å². The Kier molecular flexibility index (Phi) is 2.72. The van der Waals surface area contributed by atoms with Gasteiger partial charge in [0.15, 0.2) is 0 Å². The number of halogens is 2. The molecule has 1 saturated carbocycles. The summed E-state index contributed by atoms with van der Waals surface area (Å²) in [5.41, 5.74) is 0.